The van der Waals surface area contributed by atoms with Crippen LogP contribution in [0.1, 0.15) is 13.3 Å². The van der Waals surface area contributed by atoms with Crippen molar-refractivity contribution in [2.75, 3.05) is 32.7 Å². The number of imide groups is 1. The Labute approximate surface area is 95.9 Å². The Kier molecular flexibility index (Phi) is 5.14. The summed E-state index contributed by atoms with van der Waals surface area (Å²) in [5.74, 6) is -0.427. The SMILES string of the molecule is CCCN(CCN)CCN1C(=O)C=CC1=O. The van der Waals surface area contributed by atoms with Gasteiger partial charge in [0.1, 0.15) is 0 Å². The Morgan fingerprint density at radius 2 is 1.81 bits per heavy atom. The zero-order valence-corrected chi connectivity index (χ0v) is 9.69. The number of nitrogens with two attached hydrogens (primary N) is 1. The quantitative estimate of drug-likeness (QED) is 0.598. The first-order chi connectivity index (χ1) is 7.69. The Morgan fingerprint density at radius 1 is 1.19 bits per heavy atom. The Balaban J connectivity index is 2.36. The molecule has 1 heterocycles. The van der Waals surface area contributed by atoms with Gasteiger partial charge in [0.25, 0.3) is 11.8 Å². The predicted octanol–water partition coefficient (Wildman–Crippen LogP) is -0.418. The van der Waals surface area contributed by atoms with E-state index in [2.05, 4.69) is 11.8 Å². The molecule has 1 rings (SSSR count). The van der Waals surface area contributed by atoms with Gasteiger partial charge in [-0.2, -0.15) is 0 Å². The van der Waals surface area contributed by atoms with Gasteiger partial charge in [-0.05, 0) is 13.0 Å². The highest BCUT2D eigenvalue weighted by Gasteiger charge is 2.23. The second-order valence-corrected chi connectivity index (χ2v) is 3.79. The van der Waals surface area contributed by atoms with Crippen molar-refractivity contribution in [1.82, 2.24) is 9.80 Å². The van der Waals surface area contributed by atoms with Crippen molar-refractivity contribution >= 4 is 11.8 Å². The fraction of sp³-hybridized carbons (Fsp3) is 0.636. The topological polar surface area (TPSA) is 66.6 Å². The third-order valence-electron chi connectivity index (χ3n) is 2.53. The second kappa shape index (κ2) is 6.40. The summed E-state index contributed by atoms with van der Waals surface area (Å²) in [4.78, 5) is 26.0. The van der Waals surface area contributed by atoms with Gasteiger partial charge in [0, 0.05) is 38.3 Å². The molecule has 5 heteroatoms. The van der Waals surface area contributed by atoms with E-state index < -0.39 is 0 Å². The molecular weight excluding hydrogens is 206 g/mol. The molecule has 0 aromatic rings. The maximum Gasteiger partial charge on any atom is 0.253 e. The van der Waals surface area contributed by atoms with Gasteiger partial charge in [0.2, 0.25) is 0 Å². The van der Waals surface area contributed by atoms with Gasteiger partial charge in [0.15, 0.2) is 0 Å². The normalized spacial score (nSPS) is 15.6. The number of hydrogen-bond acceptors (Lipinski definition) is 4. The van der Waals surface area contributed by atoms with E-state index in [1.165, 1.54) is 17.1 Å². The number of amides is 2. The Morgan fingerprint density at radius 3 is 2.31 bits per heavy atom. The first-order valence-electron chi connectivity index (χ1n) is 5.65. The van der Waals surface area contributed by atoms with Gasteiger partial charge in [-0.1, -0.05) is 6.92 Å². The minimum absolute atomic E-state index is 0.214. The fourth-order valence-corrected chi connectivity index (χ4v) is 1.73. The van der Waals surface area contributed by atoms with E-state index in [0.29, 0.717) is 19.6 Å². The molecule has 2 N–H and O–H groups in total. The lowest BCUT2D eigenvalue weighted by molar-refractivity contribution is -0.137. The summed E-state index contributed by atoms with van der Waals surface area (Å²) >= 11 is 0. The van der Waals surface area contributed by atoms with Crippen molar-refractivity contribution in [3.8, 4) is 0 Å². The van der Waals surface area contributed by atoms with Gasteiger partial charge < -0.3 is 10.6 Å². The van der Waals surface area contributed by atoms with Crippen molar-refractivity contribution in [2.24, 2.45) is 5.73 Å². The van der Waals surface area contributed by atoms with Crippen LogP contribution in [0, 0.1) is 0 Å². The number of rotatable bonds is 7. The van der Waals surface area contributed by atoms with Crippen LogP contribution < -0.4 is 5.73 Å². The lowest BCUT2D eigenvalue weighted by atomic mass is 10.3. The van der Waals surface area contributed by atoms with Gasteiger partial charge >= 0.3 is 0 Å². The molecule has 5 nitrogen and oxygen atoms in total. The average Bonchev–Trinajstić information content (AvgIpc) is 2.56. The monoisotopic (exact) mass is 225 g/mol. The molecule has 0 unspecified atom stereocenters. The Hall–Kier alpha value is -1.20. The molecule has 0 atom stereocenters. The summed E-state index contributed by atoms with van der Waals surface area (Å²) < 4.78 is 0. The van der Waals surface area contributed by atoms with Crippen LogP contribution in [-0.2, 0) is 9.59 Å². The predicted molar refractivity (Wildman–Crippen MR) is 61.6 cm³/mol. The van der Waals surface area contributed by atoms with Crippen LogP contribution in [0.4, 0.5) is 0 Å². The summed E-state index contributed by atoms with van der Waals surface area (Å²) in [5, 5.41) is 0. The number of carbonyl (C=O) groups excluding carboxylic acids is 2. The molecule has 0 aromatic heterocycles. The highest BCUT2D eigenvalue weighted by Crippen LogP contribution is 2.03. The smallest absolute Gasteiger partial charge is 0.253 e. The first kappa shape index (κ1) is 12.9. The lowest BCUT2D eigenvalue weighted by Crippen LogP contribution is -2.40. The number of carbonyl (C=O) groups is 2. The molecule has 1 aliphatic rings. The van der Waals surface area contributed by atoms with Crippen LogP contribution in [-0.4, -0.2) is 54.3 Å². The molecule has 0 fully saturated rings. The second-order valence-electron chi connectivity index (χ2n) is 3.79. The molecule has 0 aromatic carbocycles. The summed E-state index contributed by atoms with van der Waals surface area (Å²) in [6.07, 6.45) is 3.67. The minimum Gasteiger partial charge on any atom is -0.329 e. The lowest BCUT2D eigenvalue weighted by Gasteiger charge is -2.23. The summed E-state index contributed by atoms with van der Waals surface area (Å²) in [5.41, 5.74) is 5.50. The molecule has 0 saturated heterocycles. The standard InChI is InChI=1S/C11H19N3O2/c1-2-6-13(7-5-12)8-9-14-10(15)3-4-11(14)16/h3-4H,2,5-9,12H2,1H3. The van der Waals surface area contributed by atoms with Gasteiger partial charge in [-0.15, -0.1) is 0 Å². The van der Waals surface area contributed by atoms with E-state index >= 15 is 0 Å². The number of nitrogens with zero attached hydrogens (tertiary/aromatic N) is 2. The molecule has 0 radical (unpaired) electrons. The maximum absolute atomic E-state index is 11.3. The van der Waals surface area contributed by atoms with Crippen molar-refractivity contribution < 1.29 is 9.59 Å². The zero-order chi connectivity index (χ0) is 12.0. The third-order valence-corrected chi connectivity index (χ3v) is 2.53. The van der Waals surface area contributed by atoms with Crippen LogP contribution >= 0.6 is 0 Å². The highest BCUT2D eigenvalue weighted by molar-refractivity contribution is 6.12. The van der Waals surface area contributed by atoms with Crippen LogP contribution in [0.3, 0.4) is 0 Å². The molecule has 0 bridgehead atoms. The largest absolute Gasteiger partial charge is 0.329 e. The zero-order valence-electron chi connectivity index (χ0n) is 9.69. The molecule has 16 heavy (non-hydrogen) atoms. The van der Waals surface area contributed by atoms with Gasteiger partial charge in [0.05, 0.1) is 0 Å². The summed E-state index contributed by atoms with van der Waals surface area (Å²) in [7, 11) is 0. The van der Waals surface area contributed by atoms with Crippen molar-refractivity contribution in [1.29, 1.82) is 0 Å². The highest BCUT2D eigenvalue weighted by atomic mass is 16.2. The van der Waals surface area contributed by atoms with Gasteiger partial charge in [-0.25, -0.2) is 0 Å². The third kappa shape index (κ3) is 3.43. The molecule has 0 saturated carbocycles. The van der Waals surface area contributed by atoms with E-state index in [9.17, 15) is 9.59 Å². The molecule has 0 aliphatic carbocycles. The van der Waals surface area contributed by atoms with Crippen LogP contribution in [0.15, 0.2) is 12.2 Å². The van der Waals surface area contributed by atoms with Crippen molar-refractivity contribution in [3.05, 3.63) is 12.2 Å². The Bertz CT molecular complexity index is 265. The maximum atomic E-state index is 11.3. The molecule has 0 spiro atoms. The average molecular weight is 225 g/mol. The van der Waals surface area contributed by atoms with E-state index in [1.54, 1.807) is 0 Å². The number of hydrogen-bond donors (Lipinski definition) is 1. The van der Waals surface area contributed by atoms with E-state index in [4.69, 9.17) is 5.73 Å². The van der Waals surface area contributed by atoms with Crippen molar-refractivity contribution in [3.63, 3.8) is 0 Å². The van der Waals surface area contributed by atoms with E-state index in [-0.39, 0.29) is 11.8 Å². The van der Waals surface area contributed by atoms with E-state index in [1.807, 2.05) is 0 Å². The fourth-order valence-electron chi connectivity index (χ4n) is 1.73. The van der Waals surface area contributed by atoms with Crippen LogP contribution in [0.25, 0.3) is 0 Å². The summed E-state index contributed by atoms with van der Waals surface area (Å²) in [6.45, 7) is 5.59. The molecule has 90 valence electrons. The minimum atomic E-state index is -0.214. The first-order valence-corrected chi connectivity index (χ1v) is 5.65. The molecular formula is C11H19N3O2. The van der Waals surface area contributed by atoms with E-state index in [0.717, 1.165) is 19.5 Å². The molecule has 1 aliphatic heterocycles. The van der Waals surface area contributed by atoms with Crippen LogP contribution in [0.2, 0.25) is 0 Å². The summed E-state index contributed by atoms with van der Waals surface area (Å²) in [6, 6.07) is 0. The van der Waals surface area contributed by atoms with Gasteiger partial charge in [-0.3, -0.25) is 14.5 Å². The van der Waals surface area contributed by atoms with Crippen molar-refractivity contribution in [2.45, 2.75) is 13.3 Å². The molecule has 2 amide bonds. The van der Waals surface area contributed by atoms with Crippen LogP contribution in [0.5, 0.6) is 0 Å².